The van der Waals surface area contributed by atoms with Gasteiger partial charge in [-0.3, -0.25) is 9.59 Å². The summed E-state index contributed by atoms with van der Waals surface area (Å²) in [5.74, 6) is -0.344. The van der Waals surface area contributed by atoms with Gasteiger partial charge >= 0.3 is 0 Å². The summed E-state index contributed by atoms with van der Waals surface area (Å²) in [5, 5.41) is 8.62. The molecule has 5 nitrogen and oxygen atoms in total. The molecule has 6 heteroatoms. The Morgan fingerprint density at radius 2 is 2.39 bits per heavy atom. The molecular weight excluding hydrogens is 250 g/mol. The lowest BCUT2D eigenvalue weighted by molar-refractivity contribution is -0.121. The molecule has 0 spiro atoms. The van der Waals surface area contributed by atoms with Crippen molar-refractivity contribution in [3.63, 3.8) is 0 Å². The van der Waals surface area contributed by atoms with Gasteiger partial charge in [0.05, 0.1) is 6.54 Å². The van der Waals surface area contributed by atoms with E-state index in [-0.39, 0.29) is 11.8 Å². The number of nitrogens with one attached hydrogen (secondary N) is 2. The number of nitrogens with zero attached hydrogens (tertiary/aromatic N) is 1. The van der Waals surface area contributed by atoms with Crippen LogP contribution in [0.25, 0.3) is 0 Å². The molecule has 1 aromatic rings. The highest BCUT2D eigenvalue weighted by molar-refractivity contribution is 7.10. The monoisotopic (exact) mass is 265 g/mol. The number of amides is 2. The Morgan fingerprint density at radius 3 is 3.06 bits per heavy atom. The van der Waals surface area contributed by atoms with Crippen LogP contribution < -0.4 is 10.7 Å². The van der Waals surface area contributed by atoms with E-state index in [2.05, 4.69) is 28.8 Å². The summed E-state index contributed by atoms with van der Waals surface area (Å²) in [4.78, 5) is 23.9. The molecule has 2 heterocycles. The minimum absolute atomic E-state index is 0.141. The first-order chi connectivity index (χ1) is 8.70. The van der Waals surface area contributed by atoms with E-state index in [1.165, 1.54) is 10.4 Å². The summed E-state index contributed by atoms with van der Waals surface area (Å²) in [5.41, 5.74) is 3.98. The normalized spacial score (nSPS) is 14.9. The molecule has 0 radical (unpaired) electrons. The predicted molar refractivity (Wildman–Crippen MR) is 70.4 cm³/mol. The molecule has 0 bridgehead atoms. The predicted octanol–water partition coefficient (Wildman–Crippen LogP) is 1.19. The number of hydrazone groups is 1. The molecule has 18 heavy (non-hydrogen) atoms. The number of rotatable bonds is 4. The maximum Gasteiger partial charge on any atom is 0.267 e. The highest BCUT2D eigenvalue weighted by atomic mass is 32.1. The molecule has 0 unspecified atom stereocenters. The fourth-order valence-corrected chi connectivity index (χ4v) is 2.65. The third-order valence-corrected chi connectivity index (χ3v) is 3.76. The largest absolute Gasteiger partial charge is 0.346 e. The van der Waals surface area contributed by atoms with Crippen molar-refractivity contribution in [1.29, 1.82) is 0 Å². The van der Waals surface area contributed by atoms with Crippen LogP contribution in [0.15, 0.2) is 16.5 Å². The highest BCUT2D eigenvalue weighted by Crippen LogP contribution is 2.16. The number of thiophene rings is 1. The summed E-state index contributed by atoms with van der Waals surface area (Å²) in [7, 11) is 0. The summed E-state index contributed by atoms with van der Waals surface area (Å²) >= 11 is 1.64. The molecule has 0 fully saturated rings. The van der Waals surface area contributed by atoms with E-state index < -0.39 is 0 Å². The highest BCUT2D eigenvalue weighted by Gasteiger charge is 2.18. The minimum atomic E-state index is -0.203. The number of carbonyl (C=O) groups is 2. The second-order valence-electron chi connectivity index (χ2n) is 4.00. The summed E-state index contributed by atoms with van der Waals surface area (Å²) in [6.07, 6.45) is 1.69. The Morgan fingerprint density at radius 1 is 1.56 bits per heavy atom. The lowest BCUT2D eigenvalue weighted by atomic mass is 10.1. The molecule has 96 valence electrons. The molecule has 2 amide bonds. The molecule has 0 atom stereocenters. The Balaban J connectivity index is 1.91. The molecule has 1 aliphatic heterocycles. The lowest BCUT2D eigenvalue weighted by Gasteiger charge is -2.11. The van der Waals surface area contributed by atoms with Crippen molar-refractivity contribution < 1.29 is 9.59 Å². The Labute approximate surface area is 109 Å². The molecule has 1 aromatic heterocycles. The van der Waals surface area contributed by atoms with E-state index in [9.17, 15) is 9.59 Å². The first kappa shape index (κ1) is 12.8. The van der Waals surface area contributed by atoms with Crippen molar-refractivity contribution in [2.45, 2.75) is 32.7 Å². The van der Waals surface area contributed by atoms with Crippen molar-refractivity contribution >= 4 is 28.9 Å². The van der Waals surface area contributed by atoms with Crippen LogP contribution in [0.3, 0.4) is 0 Å². The fourth-order valence-electron chi connectivity index (χ4n) is 1.74. The van der Waals surface area contributed by atoms with Crippen LogP contribution in [0, 0.1) is 0 Å². The van der Waals surface area contributed by atoms with E-state index in [1.807, 2.05) is 5.38 Å². The first-order valence-electron chi connectivity index (χ1n) is 5.89. The molecule has 0 saturated carbocycles. The van der Waals surface area contributed by atoms with Crippen LogP contribution in [0.5, 0.6) is 0 Å². The van der Waals surface area contributed by atoms with Gasteiger partial charge in [-0.2, -0.15) is 5.10 Å². The average Bonchev–Trinajstić information content (AvgIpc) is 2.84. The van der Waals surface area contributed by atoms with Gasteiger partial charge in [0.1, 0.15) is 5.71 Å². The Kier molecular flexibility index (Phi) is 4.09. The molecule has 0 aromatic carbocycles. The van der Waals surface area contributed by atoms with Gasteiger partial charge in [0.15, 0.2) is 0 Å². The molecule has 2 rings (SSSR count). The van der Waals surface area contributed by atoms with Crippen LogP contribution in [-0.4, -0.2) is 17.5 Å². The number of hydrogen-bond acceptors (Lipinski definition) is 4. The minimum Gasteiger partial charge on any atom is -0.346 e. The van der Waals surface area contributed by atoms with E-state index >= 15 is 0 Å². The van der Waals surface area contributed by atoms with Crippen molar-refractivity contribution in [2.75, 3.05) is 0 Å². The van der Waals surface area contributed by atoms with E-state index in [0.29, 0.717) is 25.1 Å². The summed E-state index contributed by atoms with van der Waals surface area (Å²) < 4.78 is 0. The average molecular weight is 265 g/mol. The van der Waals surface area contributed by atoms with E-state index in [1.54, 1.807) is 11.3 Å². The van der Waals surface area contributed by atoms with Gasteiger partial charge in [0.2, 0.25) is 5.91 Å². The Hall–Kier alpha value is -1.69. The quantitative estimate of drug-likeness (QED) is 0.858. The molecule has 0 aliphatic carbocycles. The van der Waals surface area contributed by atoms with Crippen molar-refractivity contribution in [3.8, 4) is 0 Å². The number of aryl methyl sites for hydroxylation is 1. The zero-order valence-corrected chi connectivity index (χ0v) is 11.0. The third-order valence-electron chi connectivity index (χ3n) is 2.79. The van der Waals surface area contributed by atoms with Gasteiger partial charge in [-0.15, -0.1) is 11.3 Å². The molecule has 0 saturated heterocycles. The number of carbonyl (C=O) groups excluding carboxylic acids is 2. The molecular formula is C12H15N3O2S. The molecule has 1 aliphatic rings. The first-order valence-corrected chi connectivity index (χ1v) is 6.77. The topological polar surface area (TPSA) is 70.6 Å². The van der Waals surface area contributed by atoms with Crippen LogP contribution in [-0.2, 0) is 22.6 Å². The van der Waals surface area contributed by atoms with Gasteiger partial charge in [-0.25, -0.2) is 5.43 Å². The smallest absolute Gasteiger partial charge is 0.267 e. The van der Waals surface area contributed by atoms with Crippen LogP contribution in [0.2, 0.25) is 0 Å². The van der Waals surface area contributed by atoms with E-state index in [4.69, 9.17) is 0 Å². The molecule has 2 N–H and O–H groups in total. The number of hydrogen-bond donors (Lipinski definition) is 2. The van der Waals surface area contributed by atoms with Gasteiger partial charge in [-0.1, -0.05) is 6.92 Å². The van der Waals surface area contributed by atoms with Crippen molar-refractivity contribution in [2.24, 2.45) is 5.10 Å². The lowest BCUT2D eigenvalue weighted by Crippen LogP contribution is -2.36. The zero-order valence-electron chi connectivity index (χ0n) is 10.2. The van der Waals surface area contributed by atoms with Crippen molar-refractivity contribution in [3.05, 3.63) is 21.9 Å². The second kappa shape index (κ2) is 5.77. The standard InChI is InChI=1S/C12H15N3O2S/c1-2-8-5-6-18-10(8)7-13-12(17)9-3-4-11(16)15-14-9/h5-6H,2-4,7H2,1H3,(H,13,17)(H,15,16). The van der Waals surface area contributed by atoms with Gasteiger partial charge < -0.3 is 5.32 Å². The summed E-state index contributed by atoms with van der Waals surface area (Å²) in [6.45, 7) is 2.61. The van der Waals surface area contributed by atoms with Crippen LogP contribution in [0.4, 0.5) is 0 Å². The second-order valence-corrected chi connectivity index (χ2v) is 5.00. The van der Waals surface area contributed by atoms with Crippen molar-refractivity contribution in [1.82, 2.24) is 10.7 Å². The van der Waals surface area contributed by atoms with Crippen LogP contribution >= 0.6 is 11.3 Å². The third kappa shape index (κ3) is 2.95. The van der Waals surface area contributed by atoms with Gasteiger partial charge in [0, 0.05) is 17.7 Å². The summed E-state index contributed by atoms with van der Waals surface area (Å²) in [6, 6.07) is 2.07. The maximum absolute atomic E-state index is 11.8. The van der Waals surface area contributed by atoms with Gasteiger partial charge in [-0.05, 0) is 23.4 Å². The van der Waals surface area contributed by atoms with E-state index in [0.717, 1.165) is 6.42 Å². The van der Waals surface area contributed by atoms with Gasteiger partial charge in [0.25, 0.3) is 5.91 Å². The SMILES string of the molecule is CCc1ccsc1CNC(=O)C1=NNC(=O)CC1. The van der Waals surface area contributed by atoms with Crippen LogP contribution in [0.1, 0.15) is 30.2 Å². The maximum atomic E-state index is 11.8. The zero-order chi connectivity index (χ0) is 13.0. The Bertz CT molecular complexity index is 493. The fraction of sp³-hybridized carbons (Fsp3) is 0.417.